The van der Waals surface area contributed by atoms with Gasteiger partial charge in [-0.2, -0.15) is 0 Å². The molecular weight excluding hydrogens is 302 g/mol. The molecule has 0 radical (unpaired) electrons. The first-order chi connectivity index (χ1) is 11.8. The Kier molecular flexibility index (Phi) is 5.51. The van der Waals surface area contributed by atoms with Gasteiger partial charge < -0.3 is 4.74 Å². The number of ketones is 2. The third-order valence-corrected chi connectivity index (χ3v) is 4.32. The first-order valence-electron chi connectivity index (χ1n) is 8.25. The normalized spacial score (nSPS) is 16.5. The lowest BCUT2D eigenvalue weighted by Crippen LogP contribution is -2.48. The largest absolute Gasteiger partial charge is 0.379 e. The molecule has 124 valence electrons. The minimum absolute atomic E-state index is 0.00165. The summed E-state index contributed by atoms with van der Waals surface area (Å²) >= 11 is 0. The second kappa shape index (κ2) is 7.99. The average molecular weight is 323 g/mol. The van der Waals surface area contributed by atoms with Crippen LogP contribution in [0, 0.1) is 0 Å². The van der Waals surface area contributed by atoms with Crippen molar-refractivity contribution < 1.29 is 14.3 Å². The zero-order valence-electron chi connectivity index (χ0n) is 13.6. The van der Waals surface area contributed by atoms with Gasteiger partial charge in [-0.25, -0.2) is 0 Å². The molecule has 1 unspecified atom stereocenters. The van der Waals surface area contributed by atoms with E-state index in [0.717, 1.165) is 0 Å². The van der Waals surface area contributed by atoms with E-state index in [-0.39, 0.29) is 18.0 Å². The summed E-state index contributed by atoms with van der Waals surface area (Å²) < 4.78 is 5.39. The predicted molar refractivity (Wildman–Crippen MR) is 92.3 cm³/mol. The maximum atomic E-state index is 13.0. The number of carbonyl (C=O) groups is 2. The third-order valence-electron chi connectivity index (χ3n) is 4.32. The number of benzene rings is 2. The van der Waals surface area contributed by atoms with E-state index in [4.69, 9.17) is 4.74 Å². The molecule has 0 bridgehead atoms. The Morgan fingerprint density at radius 1 is 0.875 bits per heavy atom. The van der Waals surface area contributed by atoms with Crippen molar-refractivity contribution in [2.45, 2.75) is 12.5 Å². The molecule has 1 fully saturated rings. The summed E-state index contributed by atoms with van der Waals surface area (Å²) in [5.74, 6) is -0.00171. The lowest BCUT2D eigenvalue weighted by molar-refractivity contribution is 0.0162. The number of nitrogens with zero attached hydrogens (tertiary/aromatic N) is 1. The highest BCUT2D eigenvalue weighted by Crippen LogP contribution is 2.17. The maximum Gasteiger partial charge on any atom is 0.180 e. The Labute approximate surface area is 142 Å². The Morgan fingerprint density at radius 3 is 2.00 bits per heavy atom. The SMILES string of the molecule is O=C(CC(C(=O)c1ccccc1)N1CCOCC1)c1ccccc1. The van der Waals surface area contributed by atoms with Crippen molar-refractivity contribution in [3.63, 3.8) is 0 Å². The Balaban J connectivity index is 1.82. The summed E-state index contributed by atoms with van der Waals surface area (Å²) in [6.45, 7) is 2.53. The molecule has 0 amide bonds. The fourth-order valence-corrected chi connectivity index (χ4v) is 2.99. The molecule has 4 heteroatoms. The van der Waals surface area contributed by atoms with Crippen LogP contribution < -0.4 is 0 Å². The second-order valence-corrected chi connectivity index (χ2v) is 5.89. The molecule has 0 spiro atoms. The van der Waals surface area contributed by atoms with Gasteiger partial charge in [0, 0.05) is 30.6 Å². The van der Waals surface area contributed by atoms with E-state index in [1.54, 1.807) is 12.1 Å². The molecule has 1 saturated heterocycles. The number of hydrogen-bond donors (Lipinski definition) is 0. The summed E-state index contributed by atoms with van der Waals surface area (Å²) in [6.07, 6.45) is 0.192. The zero-order valence-corrected chi connectivity index (χ0v) is 13.6. The molecule has 2 aromatic carbocycles. The van der Waals surface area contributed by atoms with Gasteiger partial charge in [0.2, 0.25) is 0 Å². The summed E-state index contributed by atoms with van der Waals surface area (Å²) in [5.41, 5.74) is 1.30. The monoisotopic (exact) mass is 323 g/mol. The zero-order chi connectivity index (χ0) is 16.8. The molecular formula is C20H21NO3. The molecule has 0 aromatic heterocycles. The van der Waals surface area contributed by atoms with Crippen molar-refractivity contribution in [1.29, 1.82) is 0 Å². The van der Waals surface area contributed by atoms with Gasteiger partial charge in [0.15, 0.2) is 11.6 Å². The predicted octanol–water partition coefficient (Wildman–Crippen LogP) is 2.84. The highest BCUT2D eigenvalue weighted by molar-refractivity contribution is 6.05. The van der Waals surface area contributed by atoms with E-state index in [2.05, 4.69) is 4.90 Å². The molecule has 3 rings (SSSR count). The Morgan fingerprint density at radius 2 is 1.42 bits per heavy atom. The summed E-state index contributed by atoms with van der Waals surface area (Å²) in [4.78, 5) is 27.7. The fraction of sp³-hybridized carbons (Fsp3) is 0.300. The van der Waals surface area contributed by atoms with E-state index >= 15 is 0 Å². The molecule has 0 saturated carbocycles. The van der Waals surface area contributed by atoms with Crippen molar-refractivity contribution in [1.82, 2.24) is 4.90 Å². The van der Waals surface area contributed by atoms with E-state index in [1.165, 1.54) is 0 Å². The van der Waals surface area contributed by atoms with Crippen molar-refractivity contribution >= 4 is 11.6 Å². The molecule has 1 aliphatic rings. The van der Waals surface area contributed by atoms with Crippen LogP contribution in [-0.2, 0) is 4.74 Å². The molecule has 0 aliphatic carbocycles. The molecule has 24 heavy (non-hydrogen) atoms. The van der Waals surface area contributed by atoms with E-state index in [0.29, 0.717) is 37.4 Å². The fourth-order valence-electron chi connectivity index (χ4n) is 2.99. The Bertz CT molecular complexity index is 679. The molecule has 1 heterocycles. The van der Waals surface area contributed by atoms with Crippen molar-refractivity contribution in [3.05, 3.63) is 71.8 Å². The Hall–Kier alpha value is -2.30. The van der Waals surface area contributed by atoms with Crippen LogP contribution in [0.2, 0.25) is 0 Å². The first kappa shape index (κ1) is 16.6. The number of carbonyl (C=O) groups excluding carboxylic acids is 2. The number of hydrogen-bond acceptors (Lipinski definition) is 4. The minimum atomic E-state index is -0.441. The van der Waals surface area contributed by atoms with Crippen molar-refractivity contribution in [2.24, 2.45) is 0 Å². The van der Waals surface area contributed by atoms with Crippen molar-refractivity contribution in [3.8, 4) is 0 Å². The van der Waals surface area contributed by atoms with Gasteiger partial charge >= 0.3 is 0 Å². The summed E-state index contributed by atoms with van der Waals surface area (Å²) in [7, 11) is 0. The maximum absolute atomic E-state index is 13.0. The van der Waals surface area contributed by atoms with Crippen LogP contribution in [-0.4, -0.2) is 48.8 Å². The summed E-state index contributed by atoms with van der Waals surface area (Å²) in [6, 6.07) is 17.9. The molecule has 1 atom stereocenters. The quantitative estimate of drug-likeness (QED) is 0.767. The van der Waals surface area contributed by atoms with Gasteiger partial charge in [-0.3, -0.25) is 14.5 Å². The van der Waals surface area contributed by atoms with Crippen LogP contribution in [0.25, 0.3) is 0 Å². The topological polar surface area (TPSA) is 46.6 Å². The second-order valence-electron chi connectivity index (χ2n) is 5.89. The van der Waals surface area contributed by atoms with Crippen molar-refractivity contribution in [2.75, 3.05) is 26.3 Å². The lowest BCUT2D eigenvalue weighted by atomic mass is 9.95. The van der Waals surface area contributed by atoms with Gasteiger partial charge in [0.05, 0.1) is 19.3 Å². The van der Waals surface area contributed by atoms with E-state index < -0.39 is 6.04 Å². The van der Waals surface area contributed by atoms with E-state index in [1.807, 2.05) is 48.5 Å². The van der Waals surface area contributed by atoms with Gasteiger partial charge in [-0.1, -0.05) is 60.7 Å². The average Bonchev–Trinajstić information content (AvgIpc) is 2.67. The van der Waals surface area contributed by atoms with Gasteiger partial charge in [-0.15, -0.1) is 0 Å². The highest BCUT2D eigenvalue weighted by Gasteiger charge is 2.30. The van der Waals surface area contributed by atoms with Crippen LogP contribution in [0.3, 0.4) is 0 Å². The van der Waals surface area contributed by atoms with Crippen LogP contribution in [0.5, 0.6) is 0 Å². The summed E-state index contributed by atoms with van der Waals surface area (Å²) in [5, 5.41) is 0. The number of Topliss-reactive ketones (excluding diaryl/α,β-unsaturated/α-hetero) is 2. The van der Waals surface area contributed by atoms with Gasteiger partial charge in [-0.05, 0) is 0 Å². The van der Waals surface area contributed by atoms with Crippen LogP contribution in [0.1, 0.15) is 27.1 Å². The number of rotatable bonds is 6. The van der Waals surface area contributed by atoms with Gasteiger partial charge in [0.25, 0.3) is 0 Å². The van der Waals surface area contributed by atoms with Crippen LogP contribution in [0.4, 0.5) is 0 Å². The highest BCUT2D eigenvalue weighted by atomic mass is 16.5. The molecule has 4 nitrogen and oxygen atoms in total. The smallest absolute Gasteiger partial charge is 0.180 e. The third kappa shape index (κ3) is 3.96. The number of morpholine rings is 1. The minimum Gasteiger partial charge on any atom is -0.379 e. The van der Waals surface area contributed by atoms with Gasteiger partial charge in [0.1, 0.15) is 0 Å². The standard InChI is InChI=1S/C20H21NO3/c22-19(16-7-3-1-4-8-16)15-18(21-11-13-24-14-12-21)20(23)17-9-5-2-6-10-17/h1-10,18H,11-15H2. The lowest BCUT2D eigenvalue weighted by Gasteiger charge is -2.33. The van der Waals surface area contributed by atoms with E-state index in [9.17, 15) is 9.59 Å². The van der Waals surface area contributed by atoms with Crippen LogP contribution >= 0.6 is 0 Å². The molecule has 1 aliphatic heterocycles. The molecule has 2 aromatic rings. The van der Waals surface area contributed by atoms with Crippen LogP contribution in [0.15, 0.2) is 60.7 Å². The molecule has 0 N–H and O–H groups in total. The number of ether oxygens (including phenoxy) is 1. The first-order valence-corrected chi connectivity index (χ1v) is 8.25.